The van der Waals surface area contributed by atoms with Crippen LogP contribution in [-0.4, -0.2) is 41.3 Å². The highest BCUT2D eigenvalue weighted by Gasteiger charge is 2.64. The smallest absolute Gasteiger partial charge is 0.304 e. The first-order valence-electron chi connectivity index (χ1n) is 7.53. The van der Waals surface area contributed by atoms with Crippen molar-refractivity contribution in [3.63, 3.8) is 0 Å². The van der Waals surface area contributed by atoms with E-state index < -0.39 is 24.0 Å². The Morgan fingerprint density at radius 1 is 1.43 bits per heavy atom. The minimum Gasteiger partial charge on any atom is -0.443 e. The number of esters is 1. The molecule has 0 aromatic heterocycles. The third-order valence-corrected chi connectivity index (χ3v) is 4.33. The van der Waals surface area contributed by atoms with Crippen molar-refractivity contribution in [2.24, 2.45) is 11.8 Å². The van der Waals surface area contributed by atoms with Gasteiger partial charge in [-0.2, -0.15) is 0 Å². The van der Waals surface area contributed by atoms with E-state index in [4.69, 9.17) is 14.2 Å². The van der Waals surface area contributed by atoms with E-state index in [0.717, 1.165) is 12.8 Å². The summed E-state index contributed by atoms with van der Waals surface area (Å²) in [7, 11) is 0. The molecule has 2 saturated heterocycles. The number of hydrogen-bond acceptors (Lipinski definition) is 5. The molecule has 1 saturated carbocycles. The van der Waals surface area contributed by atoms with Gasteiger partial charge in [0.25, 0.3) is 0 Å². The Bertz CT molecular complexity index is 499. The highest BCUT2D eigenvalue weighted by Crippen LogP contribution is 2.50. The molecule has 2 heterocycles. The van der Waals surface area contributed by atoms with E-state index in [-0.39, 0.29) is 18.1 Å². The van der Waals surface area contributed by atoms with E-state index in [1.807, 2.05) is 13.8 Å². The molecule has 3 rings (SSSR count). The van der Waals surface area contributed by atoms with Crippen molar-refractivity contribution in [1.82, 2.24) is 0 Å². The average Bonchev–Trinajstić information content (AvgIpc) is 3.10. The maximum absolute atomic E-state index is 11.6. The molecule has 0 spiro atoms. The van der Waals surface area contributed by atoms with E-state index in [0.29, 0.717) is 12.3 Å². The van der Waals surface area contributed by atoms with Crippen molar-refractivity contribution in [1.29, 1.82) is 0 Å². The van der Waals surface area contributed by atoms with Gasteiger partial charge in [0.05, 0.1) is 18.1 Å². The number of aliphatic hydroxyl groups excluding tert-OH is 1. The second kappa shape index (κ2) is 4.98. The number of carbonyl (C=O) groups excluding carboxylic acids is 1. The van der Waals surface area contributed by atoms with Gasteiger partial charge >= 0.3 is 5.97 Å². The molecule has 0 radical (unpaired) electrons. The van der Waals surface area contributed by atoms with Gasteiger partial charge in [0.2, 0.25) is 5.60 Å². The number of hydrogen-bond donors (Lipinski definition) is 1. The second-order valence-corrected chi connectivity index (χ2v) is 6.79. The molecule has 2 aliphatic heterocycles. The summed E-state index contributed by atoms with van der Waals surface area (Å²) < 4.78 is 17.3. The fraction of sp³-hybridized carbons (Fsp3) is 0.812. The fourth-order valence-electron chi connectivity index (χ4n) is 3.25. The Kier molecular flexibility index (Phi) is 3.52. The molecule has 0 bridgehead atoms. The standard InChI is InChI=1S/C16H22O5/c1-10(18)20-16(7-6-11-4-5-11)12-8-15(2,3)21-14(12)19-13(16)9-17/h11-14,17H,4-5,8-9H2,1-3H3/t12-,13+,14+,16-/m0/s1. The van der Waals surface area contributed by atoms with E-state index in [9.17, 15) is 9.90 Å². The summed E-state index contributed by atoms with van der Waals surface area (Å²) in [5, 5.41) is 9.64. The maximum Gasteiger partial charge on any atom is 0.304 e. The number of aliphatic hydroxyl groups is 1. The van der Waals surface area contributed by atoms with Gasteiger partial charge in [0.1, 0.15) is 6.10 Å². The van der Waals surface area contributed by atoms with E-state index in [1.165, 1.54) is 6.92 Å². The zero-order valence-electron chi connectivity index (χ0n) is 12.7. The molecule has 5 nitrogen and oxygen atoms in total. The van der Waals surface area contributed by atoms with Gasteiger partial charge in [-0.05, 0) is 33.1 Å². The van der Waals surface area contributed by atoms with Crippen molar-refractivity contribution in [2.45, 2.75) is 63.6 Å². The van der Waals surface area contributed by atoms with Crippen LogP contribution in [0.4, 0.5) is 0 Å². The number of fused-ring (bicyclic) bond motifs is 1. The van der Waals surface area contributed by atoms with E-state index >= 15 is 0 Å². The Labute approximate surface area is 124 Å². The van der Waals surface area contributed by atoms with Gasteiger partial charge in [-0.25, -0.2) is 0 Å². The summed E-state index contributed by atoms with van der Waals surface area (Å²) in [5.74, 6) is 6.12. The lowest BCUT2D eigenvalue weighted by molar-refractivity contribution is -0.181. The molecule has 0 aromatic carbocycles. The van der Waals surface area contributed by atoms with Crippen LogP contribution in [0, 0.1) is 23.7 Å². The first kappa shape index (κ1) is 14.8. The van der Waals surface area contributed by atoms with Gasteiger partial charge in [-0.3, -0.25) is 4.79 Å². The third-order valence-electron chi connectivity index (χ3n) is 4.33. The molecule has 3 fully saturated rings. The monoisotopic (exact) mass is 294 g/mol. The van der Waals surface area contributed by atoms with Crippen LogP contribution in [0.5, 0.6) is 0 Å². The molecular weight excluding hydrogens is 272 g/mol. The normalized spacial score (nSPS) is 40.3. The van der Waals surface area contributed by atoms with Crippen molar-refractivity contribution in [3.05, 3.63) is 0 Å². The zero-order chi connectivity index (χ0) is 15.3. The molecule has 4 atom stereocenters. The largest absolute Gasteiger partial charge is 0.443 e. The summed E-state index contributed by atoms with van der Waals surface area (Å²) in [5.41, 5.74) is -1.44. The molecule has 0 unspecified atom stereocenters. The summed E-state index contributed by atoms with van der Waals surface area (Å²) in [6.07, 6.45) is 1.72. The Hall–Kier alpha value is -1.09. The summed E-state index contributed by atoms with van der Waals surface area (Å²) in [6.45, 7) is 5.08. The molecule has 3 aliphatic rings. The Morgan fingerprint density at radius 2 is 2.14 bits per heavy atom. The summed E-state index contributed by atoms with van der Waals surface area (Å²) >= 11 is 0. The zero-order valence-corrected chi connectivity index (χ0v) is 12.7. The average molecular weight is 294 g/mol. The number of ether oxygens (including phenoxy) is 3. The molecule has 1 aliphatic carbocycles. The van der Waals surface area contributed by atoms with Crippen LogP contribution in [0.1, 0.15) is 40.0 Å². The minimum atomic E-state index is -1.10. The number of rotatable bonds is 2. The fourth-order valence-corrected chi connectivity index (χ4v) is 3.25. The lowest BCUT2D eigenvalue weighted by atomic mass is 9.80. The van der Waals surface area contributed by atoms with E-state index in [2.05, 4.69) is 11.8 Å². The summed E-state index contributed by atoms with van der Waals surface area (Å²) in [4.78, 5) is 11.6. The van der Waals surface area contributed by atoms with Crippen LogP contribution in [-0.2, 0) is 19.0 Å². The molecule has 21 heavy (non-hydrogen) atoms. The van der Waals surface area contributed by atoms with Crippen LogP contribution in [0.3, 0.4) is 0 Å². The van der Waals surface area contributed by atoms with Crippen molar-refractivity contribution < 1.29 is 24.1 Å². The summed E-state index contributed by atoms with van der Waals surface area (Å²) in [6, 6.07) is 0. The van der Waals surface area contributed by atoms with Crippen LogP contribution in [0.15, 0.2) is 0 Å². The lowest BCUT2D eigenvalue weighted by Crippen LogP contribution is -2.48. The predicted molar refractivity (Wildman–Crippen MR) is 74.0 cm³/mol. The van der Waals surface area contributed by atoms with Gasteiger partial charge in [-0.1, -0.05) is 11.8 Å². The van der Waals surface area contributed by atoms with Gasteiger partial charge in [0, 0.05) is 12.8 Å². The lowest BCUT2D eigenvalue weighted by Gasteiger charge is -2.32. The maximum atomic E-state index is 11.6. The second-order valence-electron chi connectivity index (χ2n) is 6.79. The SMILES string of the molecule is CC(=O)O[C@]1(C#CC2CC2)[C@@H](CO)O[C@@H]2OC(C)(C)C[C@@H]21. The highest BCUT2D eigenvalue weighted by molar-refractivity contribution is 5.67. The topological polar surface area (TPSA) is 65.0 Å². The molecule has 0 aromatic rings. The Balaban J connectivity index is 1.96. The van der Waals surface area contributed by atoms with Crippen LogP contribution >= 0.6 is 0 Å². The third kappa shape index (κ3) is 2.68. The quantitative estimate of drug-likeness (QED) is 0.613. The van der Waals surface area contributed by atoms with Crippen LogP contribution in [0.2, 0.25) is 0 Å². The molecule has 1 N–H and O–H groups in total. The highest BCUT2D eigenvalue weighted by atomic mass is 16.7. The number of carbonyl (C=O) groups is 1. The van der Waals surface area contributed by atoms with Crippen molar-refractivity contribution >= 4 is 5.97 Å². The molecule has 116 valence electrons. The van der Waals surface area contributed by atoms with Gasteiger partial charge < -0.3 is 19.3 Å². The molecular formula is C16H22O5. The van der Waals surface area contributed by atoms with Gasteiger partial charge in [0.15, 0.2) is 6.29 Å². The van der Waals surface area contributed by atoms with Crippen LogP contribution in [0.25, 0.3) is 0 Å². The minimum absolute atomic E-state index is 0.167. The van der Waals surface area contributed by atoms with Crippen molar-refractivity contribution in [2.75, 3.05) is 6.61 Å². The van der Waals surface area contributed by atoms with Crippen molar-refractivity contribution in [3.8, 4) is 11.8 Å². The van der Waals surface area contributed by atoms with E-state index in [1.54, 1.807) is 0 Å². The predicted octanol–water partition coefficient (Wildman–Crippen LogP) is 1.23. The Morgan fingerprint density at radius 3 is 2.71 bits per heavy atom. The molecule has 5 heteroatoms. The van der Waals surface area contributed by atoms with Gasteiger partial charge in [-0.15, -0.1) is 0 Å². The first-order valence-corrected chi connectivity index (χ1v) is 7.53. The molecule has 0 amide bonds. The van der Waals surface area contributed by atoms with Crippen LogP contribution < -0.4 is 0 Å². The first-order chi connectivity index (χ1) is 9.86.